The molecule has 4 nitrogen and oxygen atoms in total. The van der Waals surface area contributed by atoms with Crippen LogP contribution in [0.1, 0.15) is 15.9 Å². The summed E-state index contributed by atoms with van der Waals surface area (Å²) in [6.45, 7) is 0.136. The number of carbonyl (C=O) groups is 1. The standard InChI is InChI=1S/C15H13Cl2NO3/c1-20-15(19)14-9(3-2-4-12(14)18)8-21-13-6-5-10(16)7-11(13)17/h2-7H,8,18H2,1H3. The molecule has 0 aliphatic carbocycles. The lowest BCUT2D eigenvalue weighted by Gasteiger charge is -2.12. The summed E-state index contributed by atoms with van der Waals surface area (Å²) in [5, 5.41) is 0.914. The predicted molar refractivity (Wildman–Crippen MR) is 83.0 cm³/mol. The Labute approximate surface area is 132 Å². The molecule has 6 heteroatoms. The van der Waals surface area contributed by atoms with E-state index in [0.29, 0.717) is 32.6 Å². The molecule has 0 radical (unpaired) electrons. The van der Waals surface area contributed by atoms with Crippen molar-refractivity contribution in [3.05, 3.63) is 57.6 Å². The van der Waals surface area contributed by atoms with Gasteiger partial charge in [-0.2, -0.15) is 0 Å². The lowest BCUT2D eigenvalue weighted by molar-refractivity contribution is 0.0599. The van der Waals surface area contributed by atoms with Gasteiger partial charge in [-0.15, -0.1) is 0 Å². The van der Waals surface area contributed by atoms with E-state index in [-0.39, 0.29) is 6.61 Å². The molecule has 0 atom stereocenters. The summed E-state index contributed by atoms with van der Waals surface area (Å²) in [6, 6.07) is 10.0. The molecule has 0 saturated carbocycles. The first-order valence-electron chi connectivity index (χ1n) is 6.06. The molecule has 0 aliphatic heterocycles. The molecule has 2 aromatic rings. The molecular formula is C15H13Cl2NO3. The van der Waals surface area contributed by atoms with E-state index in [1.807, 2.05) is 0 Å². The fraction of sp³-hybridized carbons (Fsp3) is 0.133. The number of ether oxygens (including phenoxy) is 2. The molecule has 0 heterocycles. The van der Waals surface area contributed by atoms with Crippen molar-refractivity contribution >= 4 is 34.9 Å². The summed E-state index contributed by atoms with van der Waals surface area (Å²) in [7, 11) is 1.30. The quantitative estimate of drug-likeness (QED) is 0.683. The Morgan fingerprint density at radius 1 is 1.24 bits per heavy atom. The minimum absolute atomic E-state index is 0.136. The smallest absolute Gasteiger partial charge is 0.340 e. The number of carbonyl (C=O) groups excluding carboxylic acids is 1. The van der Waals surface area contributed by atoms with Gasteiger partial charge < -0.3 is 15.2 Å². The van der Waals surface area contributed by atoms with Crippen molar-refractivity contribution in [3.63, 3.8) is 0 Å². The van der Waals surface area contributed by atoms with Crippen molar-refractivity contribution in [1.82, 2.24) is 0 Å². The van der Waals surface area contributed by atoms with E-state index < -0.39 is 5.97 Å². The van der Waals surface area contributed by atoms with E-state index >= 15 is 0 Å². The number of hydrogen-bond acceptors (Lipinski definition) is 4. The van der Waals surface area contributed by atoms with Crippen LogP contribution in [0.15, 0.2) is 36.4 Å². The molecule has 0 spiro atoms. The Kier molecular flexibility index (Phi) is 4.94. The first-order chi connectivity index (χ1) is 10.0. The van der Waals surface area contributed by atoms with Crippen LogP contribution in [0.25, 0.3) is 0 Å². The van der Waals surface area contributed by atoms with Gasteiger partial charge in [0.2, 0.25) is 0 Å². The van der Waals surface area contributed by atoms with Crippen molar-refractivity contribution in [2.24, 2.45) is 0 Å². The summed E-state index contributed by atoms with van der Waals surface area (Å²) in [5.41, 5.74) is 7.07. The molecule has 0 aliphatic rings. The third-order valence-electron chi connectivity index (χ3n) is 2.85. The van der Waals surface area contributed by atoms with E-state index in [1.54, 1.807) is 36.4 Å². The Balaban J connectivity index is 2.24. The van der Waals surface area contributed by atoms with Crippen LogP contribution in [0.2, 0.25) is 10.0 Å². The fourth-order valence-corrected chi connectivity index (χ4v) is 2.30. The van der Waals surface area contributed by atoms with Crippen LogP contribution < -0.4 is 10.5 Å². The number of benzene rings is 2. The van der Waals surface area contributed by atoms with E-state index in [4.69, 9.17) is 38.4 Å². The summed E-state index contributed by atoms with van der Waals surface area (Å²) in [6.07, 6.45) is 0. The number of halogens is 2. The molecular weight excluding hydrogens is 313 g/mol. The van der Waals surface area contributed by atoms with Crippen molar-refractivity contribution < 1.29 is 14.3 Å². The van der Waals surface area contributed by atoms with Gasteiger partial charge in [0.1, 0.15) is 12.4 Å². The average Bonchev–Trinajstić information content (AvgIpc) is 2.45. The SMILES string of the molecule is COC(=O)c1c(N)cccc1COc1ccc(Cl)cc1Cl. The van der Waals surface area contributed by atoms with E-state index in [2.05, 4.69) is 0 Å². The van der Waals surface area contributed by atoms with Crippen LogP contribution in [0.5, 0.6) is 5.75 Å². The van der Waals surface area contributed by atoms with Gasteiger partial charge in [0.15, 0.2) is 0 Å². The first-order valence-corrected chi connectivity index (χ1v) is 6.82. The largest absolute Gasteiger partial charge is 0.487 e. The van der Waals surface area contributed by atoms with Crippen LogP contribution in [0, 0.1) is 0 Å². The zero-order valence-electron chi connectivity index (χ0n) is 11.2. The summed E-state index contributed by atoms with van der Waals surface area (Å²) in [4.78, 5) is 11.8. The highest BCUT2D eigenvalue weighted by molar-refractivity contribution is 6.35. The van der Waals surface area contributed by atoms with Crippen molar-refractivity contribution in [2.45, 2.75) is 6.61 Å². The minimum Gasteiger partial charge on any atom is -0.487 e. The molecule has 0 saturated heterocycles. The second-order valence-electron chi connectivity index (χ2n) is 4.24. The number of anilines is 1. The van der Waals surface area contributed by atoms with Crippen LogP contribution in [0.3, 0.4) is 0 Å². The molecule has 2 rings (SSSR count). The van der Waals surface area contributed by atoms with Crippen LogP contribution >= 0.6 is 23.2 Å². The Morgan fingerprint density at radius 3 is 2.67 bits per heavy atom. The minimum atomic E-state index is -0.506. The molecule has 0 aromatic heterocycles. The molecule has 0 unspecified atom stereocenters. The van der Waals surface area contributed by atoms with Gasteiger partial charge in [0.25, 0.3) is 0 Å². The number of methoxy groups -OCH3 is 1. The lowest BCUT2D eigenvalue weighted by atomic mass is 10.1. The van der Waals surface area contributed by atoms with Crippen LogP contribution in [0.4, 0.5) is 5.69 Å². The molecule has 21 heavy (non-hydrogen) atoms. The average molecular weight is 326 g/mol. The Bertz CT molecular complexity index is 674. The number of nitrogens with two attached hydrogens (primary N) is 1. The third kappa shape index (κ3) is 3.60. The molecule has 110 valence electrons. The first kappa shape index (κ1) is 15.5. The van der Waals surface area contributed by atoms with Gasteiger partial charge in [-0.25, -0.2) is 4.79 Å². The zero-order chi connectivity index (χ0) is 15.4. The van der Waals surface area contributed by atoms with E-state index in [1.165, 1.54) is 7.11 Å². The van der Waals surface area contributed by atoms with Gasteiger partial charge in [-0.1, -0.05) is 35.3 Å². The van der Waals surface area contributed by atoms with Gasteiger partial charge in [0, 0.05) is 16.3 Å². The maximum absolute atomic E-state index is 11.8. The van der Waals surface area contributed by atoms with Gasteiger partial charge >= 0.3 is 5.97 Å². The van der Waals surface area contributed by atoms with Crippen molar-refractivity contribution in [3.8, 4) is 5.75 Å². The maximum Gasteiger partial charge on any atom is 0.340 e. The van der Waals surface area contributed by atoms with Gasteiger partial charge in [-0.05, 0) is 24.3 Å². The highest BCUT2D eigenvalue weighted by Crippen LogP contribution is 2.29. The number of esters is 1. The van der Waals surface area contributed by atoms with Crippen molar-refractivity contribution in [2.75, 3.05) is 12.8 Å². The monoisotopic (exact) mass is 325 g/mol. The Hall–Kier alpha value is -1.91. The zero-order valence-corrected chi connectivity index (χ0v) is 12.7. The second-order valence-corrected chi connectivity index (χ2v) is 5.08. The molecule has 0 amide bonds. The van der Waals surface area contributed by atoms with E-state index in [9.17, 15) is 4.79 Å². The van der Waals surface area contributed by atoms with Crippen LogP contribution in [-0.4, -0.2) is 13.1 Å². The normalized spacial score (nSPS) is 10.2. The summed E-state index contributed by atoms with van der Waals surface area (Å²) in [5.74, 6) is -0.0341. The van der Waals surface area contributed by atoms with Gasteiger partial charge in [0.05, 0.1) is 17.7 Å². The van der Waals surface area contributed by atoms with Crippen LogP contribution in [-0.2, 0) is 11.3 Å². The summed E-state index contributed by atoms with van der Waals surface area (Å²) >= 11 is 11.9. The lowest BCUT2D eigenvalue weighted by Crippen LogP contribution is -2.11. The maximum atomic E-state index is 11.8. The van der Waals surface area contributed by atoms with Crippen molar-refractivity contribution in [1.29, 1.82) is 0 Å². The molecule has 0 fully saturated rings. The number of rotatable bonds is 4. The number of hydrogen-bond donors (Lipinski definition) is 1. The molecule has 2 N–H and O–H groups in total. The van der Waals surface area contributed by atoms with E-state index in [0.717, 1.165) is 0 Å². The Morgan fingerprint density at radius 2 is 2.00 bits per heavy atom. The third-order valence-corrected chi connectivity index (χ3v) is 3.38. The highest BCUT2D eigenvalue weighted by atomic mass is 35.5. The fourth-order valence-electron chi connectivity index (χ4n) is 1.84. The second kappa shape index (κ2) is 6.70. The number of nitrogen functional groups attached to an aromatic ring is 1. The molecule has 2 aromatic carbocycles. The summed E-state index contributed by atoms with van der Waals surface area (Å²) < 4.78 is 10.3. The predicted octanol–water partition coefficient (Wildman–Crippen LogP) is 3.94. The molecule has 0 bridgehead atoms. The van der Waals surface area contributed by atoms with Gasteiger partial charge in [-0.3, -0.25) is 0 Å². The highest BCUT2D eigenvalue weighted by Gasteiger charge is 2.16. The topological polar surface area (TPSA) is 61.5 Å².